The first-order valence-electron chi connectivity index (χ1n) is 14.8. The second kappa shape index (κ2) is 15.1. The number of nitrogens with one attached hydrogen (secondary N) is 2. The number of rotatable bonds is 16. The van der Waals surface area contributed by atoms with Crippen molar-refractivity contribution in [2.24, 2.45) is 5.92 Å². The van der Waals surface area contributed by atoms with Gasteiger partial charge >= 0.3 is 0 Å². The highest BCUT2D eigenvalue weighted by molar-refractivity contribution is 5.92. The van der Waals surface area contributed by atoms with Crippen LogP contribution in [0.15, 0.2) is 71.2 Å². The maximum absolute atomic E-state index is 13.4. The Hall–Kier alpha value is -3.83. The van der Waals surface area contributed by atoms with E-state index in [9.17, 15) is 4.79 Å². The molecule has 0 radical (unpaired) electrons. The van der Waals surface area contributed by atoms with E-state index in [2.05, 4.69) is 10.3 Å². The number of aliphatic hydroxyl groups excluding tert-OH is 1. The molecule has 10 nitrogen and oxygen atoms in total. The van der Waals surface area contributed by atoms with E-state index in [1.807, 2.05) is 61.7 Å². The Morgan fingerprint density at radius 2 is 1.91 bits per heavy atom. The molecule has 0 unspecified atom stereocenters. The van der Waals surface area contributed by atoms with Crippen LogP contribution >= 0.6 is 0 Å². The number of fused-ring (bicyclic) bond motifs is 2. The number of aliphatic hydroxyl groups is 1. The van der Waals surface area contributed by atoms with Crippen molar-refractivity contribution in [1.29, 1.82) is 0 Å². The first-order valence-corrected chi connectivity index (χ1v) is 14.8. The van der Waals surface area contributed by atoms with Crippen molar-refractivity contribution in [2.45, 2.75) is 32.0 Å². The quantitative estimate of drug-likeness (QED) is 0.160. The van der Waals surface area contributed by atoms with Crippen molar-refractivity contribution in [3.05, 3.63) is 77.9 Å². The molecular formula is C33H40N2O8. The minimum Gasteiger partial charge on any atom is -0.497 e. The Morgan fingerprint density at radius 1 is 1.07 bits per heavy atom. The molecular weight excluding hydrogens is 552 g/mol. The maximum atomic E-state index is 13.4. The number of ether oxygens (including phenoxy) is 5. The second-order valence-electron chi connectivity index (χ2n) is 10.3. The van der Waals surface area contributed by atoms with E-state index in [1.165, 1.54) is 0 Å². The summed E-state index contributed by atoms with van der Waals surface area (Å²) < 4.78 is 34.6. The molecule has 1 aliphatic rings. The lowest BCUT2D eigenvalue weighted by Crippen LogP contribution is -2.39. The molecule has 3 atom stereocenters. The molecule has 10 heteroatoms. The Kier molecular flexibility index (Phi) is 10.7. The Bertz CT molecular complexity index is 1510. The summed E-state index contributed by atoms with van der Waals surface area (Å²) in [5.41, 5.74) is 3.85. The van der Waals surface area contributed by atoms with Gasteiger partial charge in [-0.25, -0.2) is 0 Å². The van der Waals surface area contributed by atoms with Crippen molar-refractivity contribution in [3.63, 3.8) is 0 Å². The molecule has 0 fully saturated rings. The van der Waals surface area contributed by atoms with Gasteiger partial charge in [-0.2, -0.15) is 0 Å². The van der Waals surface area contributed by atoms with E-state index in [1.54, 1.807) is 13.4 Å². The fraction of sp³-hybridized carbons (Fsp3) is 0.424. The third-order valence-corrected chi connectivity index (χ3v) is 7.67. The molecule has 3 N–H and O–H groups in total. The topological polar surface area (TPSA) is 124 Å². The van der Waals surface area contributed by atoms with Crippen LogP contribution < -0.4 is 10.1 Å². The van der Waals surface area contributed by atoms with E-state index in [0.29, 0.717) is 45.8 Å². The molecule has 4 aromatic rings. The molecule has 5 rings (SSSR count). The van der Waals surface area contributed by atoms with E-state index in [0.717, 1.165) is 38.7 Å². The standard InChI is InChI=1S/C33H40N2O8/c1-3-41-33-25(11-14-39-16-17-40-15-13-36)27(28-21-42-30-7-5-4-6-24(28)30)19-31(43-33)32(37)34-12-10-22-20-35-29-9-8-23(38-2)18-26(22)29/h4-9,18-21,25,27,33,35-36H,3,10-17H2,1-2H3,(H,34,37)/t25-,27+,33-/m1/s1. The summed E-state index contributed by atoms with van der Waals surface area (Å²) in [4.78, 5) is 16.7. The summed E-state index contributed by atoms with van der Waals surface area (Å²) in [6, 6.07) is 13.8. The van der Waals surface area contributed by atoms with Crippen LogP contribution in [-0.2, 0) is 30.2 Å². The number of allylic oxidation sites excluding steroid dienone is 1. The fourth-order valence-corrected chi connectivity index (χ4v) is 5.55. The van der Waals surface area contributed by atoms with E-state index in [-0.39, 0.29) is 36.7 Å². The van der Waals surface area contributed by atoms with Gasteiger partial charge in [0.05, 0.1) is 39.8 Å². The average Bonchev–Trinajstić information content (AvgIpc) is 3.65. The number of para-hydroxylation sites is 1. The molecule has 0 saturated heterocycles. The van der Waals surface area contributed by atoms with Crippen LogP contribution in [0.1, 0.15) is 30.4 Å². The molecule has 0 bridgehead atoms. The van der Waals surface area contributed by atoms with Gasteiger partial charge in [-0.3, -0.25) is 4.79 Å². The molecule has 2 aromatic carbocycles. The monoisotopic (exact) mass is 592 g/mol. The van der Waals surface area contributed by atoms with Crippen molar-refractivity contribution in [3.8, 4) is 5.75 Å². The maximum Gasteiger partial charge on any atom is 0.286 e. The van der Waals surface area contributed by atoms with Crippen LogP contribution in [0.3, 0.4) is 0 Å². The van der Waals surface area contributed by atoms with E-state index >= 15 is 0 Å². The lowest BCUT2D eigenvalue weighted by molar-refractivity contribution is -0.168. The molecule has 2 aromatic heterocycles. The van der Waals surface area contributed by atoms with Crippen molar-refractivity contribution >= 4 is 27.8 Å². The number of carbonyl (C=O) groups is 1. The van der Waals surface area contributed by atoms with Crippen LogP contribution in [0.4, 0.5) is 0 Å². The van der Waals surface area contributed by atoms with Gasteiger partial charge in [0.2, 0.25) is 6.29 Å². The largest absolute Gasteiger partial charge is 0.497 e. The average molecular weight is 593 g/mol. The Morgan fingerprint density at radius 3 is 2.72 bits per heavy atom. The molecule has 43 heavy (non-hydrogen) atoms. The third kappa shape index (κ3) is 7.40. The van der Waals surface area contributed by atoms with Gasteiger partial charge in [0.1, 0.15) is 11.3 Å². The van der Waals surface area contributed by atoms with Crippen molar-refractivity contribution in [2.75, 3.05) is 53.3 Å². The lowest BCUT2D eigenvalue weighted by atomic mass is 9.81. The summed E-state index contributed by atoms with van der Waals surface area (Å²) in [5.74, 6) is 0.384. The molecule has 0 saturated carbocycles. The van der Waals surface area contributed by atoms with Crippen molar-refractivity contribution < 1.29 is 38.0 Å². The second-order valence-corrected chi connectivity index (χ2v) is 10.3. The van der Waals surface area contributed by atoms with E-state index < -0.39 is 6.29 Å². The van der Waals surface area contributed by atoms with Crippen LogP contribution in [0.5, 0.6) is 5.75 Å². The summed E-state index contributed by atoms with van der Waals surface area (Å²) in [7, 11) is 1.65. The van der Waals surface area contributed by atoms with Crippen LogP contribution in [0.2, 0.25) is 0 Å². The normalized spacial score (nSPS) is 18.5. The van der Waals surface area contributed by atoms with Crippen LogP contribution in [0.25, 0.3) is 21.9 Å². The molecule has 0 aliphatic carbocycles. The lowest BCUT2D eigenvalue weighted by Gasteiger charge is -2.36. The molecule has 1 amide bonds. The fourth-order valence-electron chi connectivity index (χ4n) is 5.55. The SMILES string of the molecule is CCO[C@@H]1OC(C(=O)NCCc2c[nH]c3ccc(OC)cc23)=C[C@H](c2coc3ccccc23)[C@H]1CCOCCOCCO. The number of hydrogen-bond acceptors (Lipinski definition) is 8. The minimum atomic E-state index is -0.648. The van der Waals surface area contributed by atoms with Crippen molar-refractivity contribution in [1.82, 2.24) is 10.3 Å². The summed E-state index contributed by atoms with van der Waals surface area (Å²) in [6.07, 6.45) is 6.22. The number of carbonyl (C=O) groups excluding carboxylic acids is 1. The smallest absolute Gasteiger partial charge is 0.286 e. The zero-order valence-corrected chi connectivity index (χ0v) is 24.7. The summed E-state index contributed by atoms with van der Waals surface area (Å²) >= 11 is 0. The number of H-pyrrole nitrogens is 1. The van der Waals surface area contributed by atoms with Crippen LogP contribution in [-0.4, -0.2) is 75.6 Å². The first-order chi connectivity index (χ1) is 21.1. The highest BCUT2D eigenvalue weighted by Crippen LogP contribution is 2.42. The zero-order valence-electron chi connectivity index (χ0n) is 24.7. The zero-order chi connectivity index (χ0) is 30.0. The number of hydrogen-bond donors (Lipinski definition) is 3. The number of aromatic nitrogens is 1. The number of methoxy groups -OCH3 is 1. The number of furan rings is 1. The van der Waals surface area contributed by atoms with E-state index in [4.69, 9.17) is 33.2 Å². The van der Waals surface area contributed by atoms with Gasteiger partial charge < -0.3 is 43.5 Å². The van der Waals surface area contributed by atoms with Crippen LogP contribution in [0, 0.1) is 5.92 Å². The molecule has 1 aliphatic heterocycles. The number of aromatic amines is 1. The summed E-state index contributed by atoms with van der Waals surface area (Å²) in [6.45, 7) is 4.31. The van der Waals surface area contributed by atoms with Gasteiger partial charge in [0.25, 0.3) is 5.91 Å². The van der Waals surface area contributed by atoms with Gasteiger partial charge in [0.15, 0.2) is 5.76 Å². The molecule has 3 heterocycles. The van der Waals surface area contributed by atoms with Gasteiger partial charge in [-0.1, -0.05) is 18.2 Å². The van der Waals surface area contributed by atoms with Gasteiger partial charge in [0, 0.05) is 59.6 Å². The first kappa shape index (κ1) is 30.6. The molecule has 230 valence electrons. The van der Waals surface area contributed by atoms with Gasteiger partial charge in [-0.15, -0.1) is 0 Å². The van der Waals surface area contributed by atoms with Gasteiger partial charge in [-0.05, 0) is 55.7 Å². The molecule has 0 spiro atoms. The summed E-state index contributed by atoms with van der Waals surface area (Å²) in [5, 5.41) is 14.0. The Balaban J connectivity index is 1.32. The third-order valence-electron chi connectivity index (χ3n) is 7.67. The predicted octanol–water partition coefficient (Wildman–Crippen LogP) is 4.67. The predicted molar refractivity (Wildman–Crippen MR) is 162 cm³/mol. The number of amides is 1. The minimum absolute atomic E-state index is 0.0176. The highest BCUT2D eigenvalue weighted by atomic mass is 16.7. The highest BCUT2D eigenvalue weighted by Gasteiger charge is 2.39. The number of benzene rings is 2. The Labute approximate surface area is 250 Å².